The van der Waals surface area contributed by atoms with Crippen molar-refractivity contribution in [1.29, 1.82) is 5.26 Å². The number of carboxylic acid groups (broad SMARTS) is 1. The molecule has 0 unspecified atom stereocenters. The molecular formula is C15H17N3O3. The molecule has 0 radical (unpaired) electrons. The fourth-order valence-electron chi connectivity index (χ4n) is 2.30. The Hall–Kier alpha value is -2.39. The zero-order valence-electron chi connectivity index (χ0n) is 11.7. The average molecular weight is 287 g/mol. The van der Waals surface area contributed by atoms with Gasteiger partial charge in [0.2, 0.25) is 0 Å². The molecular weight excluding hydrogens is 270 g/mol. The highest BCUT2D eigenvalue weighted by molar-refractivity contribution is 5.94. The number of rotatable bonds is 4. The van der Waals surface area contributed by atoms with E-state index in [1.54, 1.807) is 29.2 Å². The smallest absolute Gasteiger partial charge is 0.304 e. The van der Waals surface area contributed by atoms with Gasteiger partial charge in [0.15, 0.2) is 0 Å². The number of hydrogen-bond donors (Lipinski definition) is 1. The van der Waals surface area contributed by atoms with E-state index < -0.39 is 5.97 Å². The van der Waals surface area contributed by atoms with Crippen molar-refractivity contribution in [1.82, 2.24) is 9.80 Å². The van der Waals surface area contributed by atoms with Crippen LogP contribution in [0.5, 0.6) is 0 Å². The van der Waals surface area contributed by atoms with E-state index >= 15 is 0 Å². The fraction of sp³-hybridized carbons (Fsp3) is 0.400. The van der Waals surface area contributed by atoms with Gasteiger partial charge in [0.05, 0.1) is 18.1 Å². The molecule has 1 aliphatic rings. The lowest BCUT2D eigenvalue weighted by Crippen LogP contribution is -2.49. The molecule has 1 saturated heterocycles. The van der Waals surface area contributed by atoms with E-state index in [2.05, 4.69) is 4.90 Å². The van der Waals surface area contributed by atoms with Crippen molar-refractivity contribution in [2.45, 2.75) is 6.42 Å². The van der Waals surface area contributed by atoms with Crippen molar-refractivity contribution in [3.63, 3.8) is 0 Å². The summed E-state index contributed by atoms with van der Waals surface area (Å²) in [5.74, 6) is -0.844. The van der Waals surface area contributed by atoms with Crippen molar-refractivity contribution in [3.8, 4) is 6.07 Å². The van der Waals surface area contributed by atoms with Gasteiger partial charge in [-0.15, -0.1) is 0 Å². The van der Waals surface area contributed by atoms with Crippen molar-refractivity contribution in [2.75, 3.05) is 32.7 Å². The van der Waals surface area contributed by atoms with Crippen LogP contribution >= 0.6 is 0 Å². The minimum Gasteiger partial charge on any atom is -0.481 e. The van der Waals surface area contributed by atoms with Crippen molar-refractivity contribution >= 4 is 11.9 Å². The van der Waals surface area contributed by atoms with E-state index in [0.717, 1.165) is 0 Å². The highest BCUT2D eigenvalue weighted by Gasteiger charge is 2.22. The maximum absolute atomic E-state index is 12.3. The third-order valence-corrected chi connectivity index (χ3v) is 3.56. The van der Waals surface area contributed by atoms with E-state index in [-0.39, 0.29) is 12.3 Å². The second kappa shape index (κ2) is 6.86. The molecule has 1 N–H and O–H groups in total. The summed E-state index contributed by atoms with van der Waals surface area (Å²) in [5.41, 5.74) is 1.11. The number of nitriles is 1. The predicted molar refractivity (Wildman–Crippen MR) is 75.8 cm³/mol. The number of piperazine rings is 1. The van der Waals surface area contributed by atoms with E-state index in [1.807, 2.05) is 6.07 Å². The lowest BCUT2D eigenvalue weighted by molar-refractivity contribution is -0.137. The van der Waals surface area contributed by atoms with Crippen LogP contribution in [-0.2, 0) is 4.79 Å². The van der Waals surface area contributed by atoms with E-state index in [4.69, 9.17) is 10.4 Å². The first-order valence-electron chi connectivity index (χ1n) is 6.84. The molecule has 1 fully saturated rings. The van der Waals surface area contributed by atoms with Crippen LogP contribution in [0.1, 0.15) is 22.3 Å². The Bertz CT molecular complexity index is 555. The van der Waals surface area contributed by atoms with Gasteiger partial charge in [-0.1, -0.05) is 0 Å². The second-order valence-electron chi connectivity index (χ2n) is 4.97. The number of amides is 1. The molecule has 6 heteroatoms. The molecule has 0 bridgehead atoms. The summed E-state index contributed by atoms with van der Waals surface area (Å²) in [6.07, 6.45) is 0.129. The Morgan fingerprint density at radius 3 is 2.29 bits per heavy atom. The molecule has 1 aliphatic heterocycles. The largest absolute Gasteiger partial charge is 0.481 e. The Kier molecular flexibility index (Phi) is 4.90. The molecule has 2 rings (SSSR count). The number of carbonyl (C=O) groups excluding carboxylic acids is 1. The van der Waals surface area contributed by atoms with Gasteiger partial charge in [-0.05, 0) is 24.3 Å². The molecule has 0 saturated carbocycles. The van der Waals surface area contributed by atoms with Crippen LogP contribution in [0.15, 0.2) is 24.3 Å². The van der Waals surface area contributed by atoms with Gasteiger partial charge in [-0.3, -0.25) is 14.5 Å². The molecule has 1 amide bonds. The van der Waals surface area contributed by atoms with Crippen LogP contribution in [0.4, 0.5) is 0 Å². The van der Waals surface area contributed by atoms with Crippen molar-refractivity contribution < 1.29 is 14.7 Å². The Morgan fingerprint density at radius 2 is 1.76 bits per heavy atom. The van der Waals surface area contributed by atoms with Gasteiger partial charge in [0.1, 0.15) is 0 Å². The number of carboxylic acids is 1. The van der Waals surface area contributed by atoms with E-state index in [1.165, 1.54) is 0 Å². The van der Waals surface area contributed by atoms with E-state index in [9.17, 15) is 9.59 Å². The molecule has 1 heterocycles. The molecule has 6 nitrogen and oxygen atoms in total. The summed E-state index contributed by atoms with van der Waals surface area (Å²) >= 11 is 0. The molecule has 0 atom stereocenters. The third kappa shape index (κ3) is 4.04. The first-order valence-corrected chi connectivity index (χ1v) is 6.84. The van der Waals surface area contributed by atoms with Crippen LogP contribution in [0.3, 0.4) is 0 Å². The average Bonchev–Trinajstić information content (AvgIpc) is 2.53. The third-order valence-electron chi connectivity index (χ3n) is 3.56. The summed E-state index contributed by atoms with van der Waals surface area (Å²) in [4.78, 5) is 26.7. The number of benzene rings is 1. The number of aliphatic carboxylic acids is 1. The van der Waals surface area contributed by atoms with Gasteiger partial charge in [-0.2, -0.15) is 5.26 Å². The summed E-state index contributed by atoms with van der Waals surface area (Å²) in [5, 5.41) is 17.4. The van der Waals surface area contributed by atoms with E-state index in [0.29, 0.717) is 43.9 Å². The summed E-state index contributed by atoms with van der Waals surface area (Å²) in [6.45, 7) is 3.09. The summed E-state index contributed by atoms with van der Waals surface area (Å²) in [6, 6.07) is 8.62. The van der Waals surface area contributed by atoms with Crippen LogP contribution in [0.25, 0.3) is 0 Å². The van der Waals surface area contributed by atoms with Gasteiger partial charge in [0, 0.05) is 38.3 Å². The SMILES string of the molecule is N#Cc1ccc(C(=O)N2CCN(CCC(=O)O)CC2)cc1. The highest BCUT2D eigenvalue weighted by atomic mass is 16.4. The lowest BCUT2D eigenvalue weighted by atomic mass is 10.1. The van der Waals surface area contributed by atoms with Crippen LogP contribution in [0, 0.1) is 11.3 Å². The molecule has 1 aromatic rings. The quantitative estimate of drug-likeness (QED) is 0.885. The fourth-order valence-corrected chi connectivity index (χ4v) is 2.30. The minimum absolute atomic E-state index is 0.0441. The number of carbonyl (C=O) groups is 2. The van der Waals surface area contributed by atoms with Gasteiger partial charge < -0.3 is 10.0 Å². The van der Waals surface area contributed by atoms with Crippen LogP contribution < -0.4 is 0 Å². The molecule has 1 aromatic carbocycles. The first-order chi connectivity index (χ1) is 10.1. The zero-order chi connectivity index (χ0) is 15.2. The Labute approximate surface area is 123 Å². The van der Waals surface area contributed by atoms with Crippen molar-refractivity contribution in [2.24, 2.45) is 0 Å². The molecule has 110 valence electrons. The Morgan fingerprint density at radius 1 is 1.14 bits per heavy atom. The standard InChI is InChI=1S/C15H17N3O3/c16-11-12-1-3-13(4-2-12)15(21)18-9-7-17(8-10-18)6-5-14(19)20/h1-4H,5-10H2,(H,19,20). The minimum atomic E-state index is -0.800. The summed E-state index contributed by atoms with van der Waals surface area (Å²) < 4.78 is 0. The van der Waals surface area contributed by atoms with Crippen molar-refractivity contribution in [3.05, 3.63) is 35.4 Å². The second-order valence-corrected chi connectivity index (χ2v) is 4.97. The number of hydrogen-bond acceptors (Lipinski definition) is 4. The number of nitrogens with zero attached hydrogens (tertiary/aromatic N) is 3. The van der Waals surface area contributed by atoms with Crippen LogP contribution in [0.2, 0.25) is 0 Å². The van der Waals surface area contributed by atoms with Crippen LogP contribution in [-0.4, -0.2) is 59.5 Å². The maximum Gasteiger partial charge on any atom is 0.304 e. The lowest BCUT2D eigenvalue weighted by Gasteiger charge is -2.34. The normalized spacial score (nSPS) is 15.5. The highest BCUT2D eigenvalue weighted by Crippen LogP contribution is 2.10. The zero-order valence-corrected chi connectivity index (χ0v) is 11.7. The predicted octanol–water partition coefficient (Wildman–Crippen LogP) is 0.791. The molecule has 0 spiro atoms. The van der Waals surface area contributed by atoms with Gasteiger partial charge in [0.25, 0.3) is 5.91 Å². The summed E-state index contributed by atoms with van der Waals surface area (Å²) in [7, 11) is 0. The Balaban J connectivity index is 1.88. The molecule has 21 heavy (non-hydrogen) atoms. The molecule has 0 aliphatic carbocycles. The first kappa shape index (κ1) is 15.0. The maximum atomic E-state index is 12.3. The topological polar surface area (TPSA) is 84.6 Å². The molecule has 0 aromatic heterocycles. The monoisotopic (exact) mass is 287 g/mol. The van der Waals surface area contributed by atoms with Gasteiger partial charge >= 0.3 is 5.97 Å². The van der Waals surface area contributed by atoms with Gasteiger partial charge in [-0.25, -0.2) is 0 Å².